The zero-order valence-corrected chi connectivity index (χ0v) is 13.1. The first-order valence-corrected chi connectivity index (χ1v) is 7.30. The third kappa shape index (κ3) is 3.72. The zero-order chi connectivity index (χ0) is 16.5. The van der Waals surface area contributed by atoms with Crippen molar-refractivity contribution in [2.75, 3.05) is 31.1 Å². The van der Waals surface area contributed by atoms with Crippen molar-refractivity contribution < 1.29 is 18.0 Å². The summed E-state index contributed by atoms with van der Waals surface area (Å²) in [5.41, 5.74) is -0.287. The predicted molar refractivity (Wildman–Crippen MR) is 79.7 cm³/mol. The molecule has 1 heterocycles. The number of halogens is 3. The molecule has 0 spiro atoms. The zero-order valence-electron chi connectivity index (χ0n) is 13.1. The molecule has 3 nitrogen and oxygen atoms in total. The van der Waals surface area contributed by atoms with Crippen LogP contribution in [0.5, 0.6) is 0 Å². The summed E-state index contributed by atoms with van der Waals surface area (Å²) in [5.74, 6) is 0.111. The van der Waals surface area contributed by atoms with Crippen LogP contribution in [-0.4, -0.2) is 37.0 Å². The van der Waals surface area contributed by atoms with Gasteiger partial charge in [-0.15, -0.1) is 0 Å². The highest BCUT2D eigenvalue weighted by Gasteiger charge is 2.31. The Morgan fingerprint density at radius 3 is 1.86 bits per heavy atom. The molecule has 1 fully saturated rings. The van der Waals surface area contributed by atoms with Gasteiger partial charge < -0.3 is 9.80 Å². The van der Waals surface area contributed by atoms with Crippen LogP contribution < -0.4 is 4.90 Å². The van der Waals surface area contributed by atoms with Gasteiger partial charge in [0.15, 0.2) is 0 Å². The first-order valence-electron chi connectivity index (χ1n) is 7.30. The molecule has 122 valence electrons. The number of hydrogen-bond acceptors (Lipinski definition) is 2. The van der Waals surface area contributed by atoms with Gasteiger partial charge in [0, 0.05) is 37.3 Å². The summed E-state index contributed by atoms with van der Waals surface area (Å²) in [7, 11) is 0. The Labute approximate surface area is 128 Å². The maximum absolute atomic E-state index is 12.6. The smallest absolute Gasteiger partial charge is 0.368 e. The Bertz CT molecular complexity index is 524. The van der Waals surface area contributed by atoms with Gasteiger partial charge in [0.05, 0.1) is 5.56 Å². The number of benzene rings is 1. The number of carbonyl (C=O) groups is 1. The molecule has 1 aliphatic heterocycles. The highest BCUT2D eigenvalue weighted by atomic mass is 19.4. The van der Waals surface area contributed by atoms with Crippen molar-refractivity contribution >= 4 is 11.6 Å². The lowest BCUT2D eigenvalue weighted by Gasteiger charge is -2.38. The third-order valence-corrected chi connectivity index (χ3v) is 3.77. The van der Waals surface area contributed by atoms with Gasteiger partial charge in [-0.05, 0) is 24.3 Å². The van der Waals surface area contributed by atoms with Gasteiger partial charge in [0.2, 0.25) is 5.91 Å². The van der Waals surface area contributed by atoms with E-state index >= 15 is 0 Å². The van der Waals surface area contributed by atoms with Crippen molar-refractivity contribution in [1.29, 1.82) is 0 Å². The summed E-state index contributed by atoms with van der Waals surface area (Å²) < 4.78 is 37.7. The van der Waals surface area contributed by atoms with E-state index in [1.807, 2.05) is 30.6 Å². The van der Waals surface area contributed by atoms with Crippen molar-refractivity contribution in [3.05, 3.63) is 29.8 Å². The third-order valence-electron chi connectivity index (χ3n) is 3.77. The van der Waals surface area contributed by atoms with Crippen LogP contribution >= 0.6 is 0 Å². The summed E-state index contributed by atoms with van der Waals surface area (Å²) in [6, 6.07) is 5.18. The van der Waals surface area contributed by atoms with E-state index in [4.69, 9.17) is 0 Å². The van der Waals surface area contributed by atoms with Crippen LogP contribution in [0.1, 0.15) is 26.3 Å². The molecule has 1 aromatic carbocycles. The van der Waals surface area contributed by atoms with E-state index in [1.165, 1.54) is 12.1 Å². The van der Waals surface area contributed by atoms with Gasteiger partial charge in [-0.25, -0.2) is 0 Å². The molecule has 1 aromatic rings. The molecule has 0 N–H and O–H groups in total. The molecular formula is C16H21F3N2O. The van der Waals surface area contributed by atoms with Crippen LogP contribution in [0, 0.1) is 5.41 Å². The molecule has 0 aromatic heterocycles. The summed E-state index contributed by atoms with van der Waals surface area (Å²) >= 11 is 0. The molecule has 0 bridgehead atoms. The number of amides is 1. The lowest BCUT2D eigenvalue weighted by Crippen LogP contribution is -2.51. The van der Waals surface area contributed by atoms with Crippen LogP contribution in [-0.2, 0) is 11.0 Å². The van der Waals surface area contributed by atoms with Crippen molar-refractivity contribution in [3.63, 3.8) is 0 Å². The van der Waals surface area contributed by atoms with E-state index in [9.17, 15) is 18.0 Å². The number of hydrogen-bond donors (Lipinski definition) is 0. The fraction of sp³-hybridized carbons (Fsp3) is 0.562. The maximum atomic E-state index is 12.6. The lowest BCUT2D eigenvalue weighted by atomic mass is 9.94. The quantitative estimate of drug-likeness (QED) is 0.793. The fourth-order valence-electron chi connectivity index (χ4n) is 2.50. The highest BCUT2D eigenvalue weighted by molar-refractivity contribution is 5.81. The van der Waals surface area contributed by atoms with Crippen molar-refractivity contribution in [2.45, 2.75) is 26.9 Å². The van der Waals surface area contributed by atoms with E-state index in [0.29, 0.717) is 26.2 Å². The average Bonchev–Trinajstić information content (AvgIpc) is 2.45. The molecule has 0 saturated carbocycles. The van der Waals surface area contributed by atoms with Crippen LogP contribution in [0.3, 0.4) is 0 Å². The van der Waals surface area contributed by atoms with E-state index < -0.39 is 17.2 Å². The molecule has 1 saturated heterocycles. The Morgan fingerprint density at radius 2 is 1.45 bits per heavy atom. The van der Waals surface area contributed by atoms with Gasteiger partial charge in [-0.2, -0.15) is 13.2 Å². The molecule has 2 rings (SSSR count). The van der Waals surface area contributed by atoms with E-state index in [0.717, 1.165) is 17.8 Å². The van der Waals surface area contributed by atoms with Gasteiger partial charge in [0.25, 0.3) is 0 Å². The molecule has 1 aliphatic rings. The van der Waals surface area contributed by atoms with Crippen molar-refractivity contribution in [2.24, 2.45) is 5.41 Å². The first kappa shape index (κ1) is 16.6. The minimum Gasteiger partial charge on any atom is -0.368 e. The number of alkyl halides is 3. The van der Waals surface area contributed by atoms with Crippen molar-refractivity contribution in [1.82, 2.24) is 4.90 Å². The summed E-state index contributed by atoms with van der Waals surface area (Å²) in [4.78, 5) is 16.0. The number of piperazine rings is 1. The summed E-state index contributed by atoms with van der Waals surface area (Å²) in [5, 5.41) is 0. The molecule has 22 heavy (non-hydrogen) atoms. The molecule has 6 heteroatoms. The van der Waals surface area contributed by atoms with Crippen LogP contribution in [0.25, 0.3) is 0 Å². The van der Waals surface area contributed by atoms with E-state index in [-0.39, 0.29) is 5.91 Å². The number of rotatable bonds is 1. The molecule has 1 amide bonds. The van der Waals surface area contributed by atoms with Gasteiger partial charge in [-0.3, -0.25) is 4.79 Å². The average molecular weight is 314 g/mol. The summed E-state index contributed by atoms with van der Waals surface area (Å²) in [6.07, 6.45) is -4.31. The SMILES string of the molecule is CC(C)(C)C(=O)N1CCN(c2ccc(C(F)(F)F)cc2)CC1. The highest BCUT2D eigenvalue weighted by Crippen LogP contribution is 2.30. The minimum absolute atomic E-state index is 0.111. The second-order valence-corrected chi connectivity index (χ2v) is 6.57. The predicted octanol–water partition coefficient (Wildman–Crippen LogP) is 3.40. The monoisotopic (exact) mass is 314 g/mol. The topological polar surface area (TPSA) is 23.6 Å². The molecule has 0 aliphatic carbocycles. The Morgan fingerprint density at radius 1 is 0.955 bits per heavy atom. The molecule has 0 atom stereocenters. The van der Waals surface area contributed by atoms with Gasteiger partial charge in [-0.1, -0.05) is 20.8 Å². The van der Waals surface area contributed by atoms with E-state index in [1.54, 1.807) is 0 Å². The van der Waals surface area contributed by atoms with Crippen LogP contribution in [0.15, 0.2) is 24.3 Å². The van der Waals surface area contributed by atoms with Gasteiger partial charge >= 0.3 is 6.18 Å². The molecule has 0 unspecified atom stereocenters. The van der Waals surface area contributed by atoms with Crippen molar-refractivity contribution in [3.8, 4) is 0 Å². The number of carbonyl (C=O) groups excluding carboxylic acids is 1. The van der Waals surface area contributed by atoms with E-state index in [2.05, 4.69) is 0 Å². The normalized spacial score (nSPS) is 16.8. The van der Waals surface area contributed by atoms with Gasteiger partial charge in [0.1, 0.15) is 0 Å². The number of nitrogens with zero attached hydrogens (tertiary/aromatic N) is 2. The summed E-state index contributed by atoms with van der Waals surface area (Å²) in [6.45, 7) is 8.11. The Kier molecular flexibility index (Phi) is 4.40. The van der Waals surface area contributed by atoms with Crippen LogP contribution in [0.4, 0.5) is 18.9 Å². The minimum atomic E-state index is -4.31. The first-order chi connectivity index (χ1) is 10.1. The Hall–Kier alpha value is -1.72. The standard InChI is InChI=1S/C16H21F3N2O/c1-15(2,3)14(22)21-10-8-20(9-11-21)13-6-4-12(5-7-13)16(17,18)19/h4-7H,8-11H2,1-3H3. The maximum Gasteiger partial charge on any atom is 0.416 e. The largest absolute Gasteiger partial charge is 0.416 e. The fourth-order valence-corrected chi connectivity index (χ4v) is 2.50. The lowest BCUT2D eigenvalue weighted by molar-refractivity contribution is -0.140. The second kappa shape index (κ2) is 5.82. The molecule has 0 radical (unpaired) electrons. The second-order valence-electron chi connectivity index (χ2n) is 6.57. The van der Waals surface area contributed by atoms with Crippen LogP contribution in [0.2, 0.25) is 0 Å². The molecular weight excluding hydrogens is 293 g/mol. The Balaban J connectivity index is 1.99. The number of anilines is 1.